The van der Waals surface area contributed by atoms with Gasteiger partial charge in [-0.3, -0.25) is 0 Å². The van der Waals surface area contributed by atoms with Gasteiger partial charge in [0.1, 0.15) is 0 Å². The zero-order valence-electron chi connectivity index (χ0n) is 31.2. The molecule has 0 atom stereocenters. The van der Waals surface area contributed by atoms with Gasteiger partial charge in [-0.05, 0) is 130 Å². The van der Waals surface area contributed by atoms with Crippen LogP contribution in [0, 0.1) is 0 Å². The summed E-state index contributed by atoms with van der Waals surface area (Å²) in [6.45, 7) is 4.95. The number of nitrogen functional groups attached to an aromatic ring is 1. The molecule has 1 spiro atoms. The number of fused-ring (bicyclic) bond motifs is 16. The van der Waals surface area contributed by atoms with E-state index in [2.05, 4.69) is 171 Å². The van der Waals surface area contributed by atoms with Crippen molar-refractivity contribution in [2.75, 3.05) is 11.1 Å². The fourth-order valence-electron chi connectivity index (χ4n) is 9.45. The Morgan fingerprint density at radius 2 is 1.07 bits per heavy atom. The standard InChI is InChI=1S/C50H34N2.C3H8/c51-46-22-9-10-23-47(46)52-30-31-12-11-13-32(26-31)33-24-25-34-28-42-45(29-35(34)27-33)50(43-20-7-5-16-38(43)39-17-6-8-21-44(39)50)49-41-19-4-2-15-37(41)36-14-1-3-18-40(36)48(42)49;1-3-2/h1-29,52H,30,51H2;3H2,1-2H3. The average molecular weight is 707 g/mol. The Morgan fingerprint density at radius 1 is 0.473 bits per heavy atom. The van der Waals surface area contributed by atoms with Crippen LogP contribution < -0.4 is 11.1 Å². The maximum atomic E-state index is 6.21. The molecule has 0 bridgehead atoms. The van der Waals surface area contributed by atoms with Gasteiger partial charge in [-0.2, -0.15) is 0 Å². The lowest BCUT2D eigenvalue weighted by molar-refractivity contribution is 0.803. The second-order valence-electron chi connectivity index (χ2n) is 15.0. The van der Waals surface area contributed by atoms with Crippen molar-refractivity contribution in [1.82, 2.24) is 0 Å². The molecule has 0 heterocycles. The number of nitrogens with two attached hydrogens (primary N) is 1. The smallest absolute Gasteiger partial charge is 0.0731 e. The Labute approximate surface area is 322 Å². The molecule has 0 radical (unpaired) electrons. The Hall–Kier alpha value is -6.64. The summed E-state index contributed by atoms with van der Waals surface area (Å²) in [5, 5.41) is 11.3. The summed E-state index contributed by atoms with van der Waals surface area (Å²) in [6.07, 6.45) is 1.25. The van der Waals surface area contributed by atoms with Crippen molar-refractivity contribution in [2.24, 2.45) is 0 Å². The third-order valence-electron chi connectivity index (χ3n) is 11.6. The van der Waals surface area contributed by atoms with Gasteiger partial charge in [0.15, 0.2) is 0 Å². The van der Waals surface area contributed by atoms with E-state index >= 15 is 0 Å². The molecule has 11 rings (SSSR count). The highest BCUT2D eigenvalue weighted by Crippen LogP contribution is 2.65. The summed E-state index contributed by atoms with van der Waals surface area (Å²) in [7, 11) is 0. The molecule has 0 aromatic heterocycles. The van der Waals surface area contributed by atoms with Gasteiger partial charge in [0.25, 0.3) is 0 Å². The van der Waals surface area contributed by atoms with Crippen LogP contribution in [0.4, 0.5) is 11.4 Å². The average Bonchev–Trinajstić information content (AvgIpc) is 3.70. The molecule has 9 aromatic carbocycles. The number of hydrogen-bond acceptors (Lipinski definition) is 2. The minimum atomic E-state index is -0.448. The lowest BCUT2D eigenvalue weighted by atomic mass is 9.69. The molecule has 0 saturated heterocycles. The molecule has 0 amide bonds. The summed E-state index contributed by atoms with van der Waals surface area (Å²) in [4.78, 5) is 0. The quantitative estimate of drug-likeness (QED) is 0.141. The van der Waals surface area contributed by atoms with Crippen LogP contribution in [0.5, 0.6) is 0 Å². The van der Waals surface area contributed by atoms with E-state index in [0.717, 1.165) is 11.4 Å². The first-order chi connectivity index (χ1) is 27.1. The molecule has 2 nitrogen and oxygen atoms in total. The Kier molecular flexibility index (Phi) is 7.81. The molecule has 2 heteroatoms. The lowest BCUT2D eigenvalue weighted by Crippen LogP contribution is -2.26. The van der Waals surface area contributed by atoms with E-state index in [0.29, 0.717) is 6.54 Å². The molecule has 2 aliphatic carbocycles. The van der Waals surface area contributed by atoms with Gasteiger partial charge in [0.2, 0.25) is 0 Å². The van der Waals surface area contributed by atoms with Gasteiger partial charge in [0.05, 0.1) is 16.8 Å². The summed E-state index contributed by atoms with van der Waals surface area (Å²) >= 11 is 0. The van der Waals surface area contributed by atoms with Crippen LogP contribution in [0.3, 0.4) is 0 Å². The first kappa shape index (κ1) is 33.0. The van der Waals surface area contributed by atoms with Crippen LogP contribution in [-0.4, -0.2) is 0 Å². The monoisotopic (exact) mass is 706 g/mol. The van der Waals surface area contributed by atoms with Crippen molar-refractivity contribution in [2.45, 2.75) is 32.2 Å². The van der Waals surface area contributed by atoms with Crippen molar-refractivity contribution in [3.63, 3.8) is 0 Å². The van der Waals surface area contributed by atoms with Crippen LogP contribution in [-0.2, 0) is 12.0 Å². The van der Waals surface area contributed by atoms with E-state index in [1.54, 1.807) is 0 Å². The molecule has 264 valence electrons. The number of hydrogen-bond donors (Lipinski definition) is 2. The van der Waals surface area contributed by atoms with Crippen LogP contribution in [0.1, 0.15) is 48.1 Å². The first-order valence-electron chi connectivity index (χ1n) is 19.5. The van der Waals surface area contributed by atoms with Gasteiger partial charge >= 0.3 is 0 Å². The van der Waals surface area contributed by atoms with Crippen molar-refractivity contribution in [3.05, 3.63) is 204 Å². The second kappa shape index (κ2) is 13.0. The first-order valence-corrected chi connectivity index (χ1v) is 19.5. The maximum Gasteiger partial charge on any atom is 0.0731 e. The van der Waals surface area contributed by atoms with E-state index < -0.39 is 5.41 Å². The summed E-state index contributed by atoms with van der Waals surface area (Å²) < 4.78 is 0. The highest BCUT2D eigenvalue weighted by Gasteiger charge is 2.53. The van der Waals surface area contributed by atoms with Crippen molar-refractivity contribution < 1.29 is 0 Å². The highest BCUT2D eigenvalue weighted by atomic mass is 14.9. The topological polar surface area (TPSA) is 38.0 Å². The third-order valence-corrected chi connectivity index (χ3v) is 11.6. The predicted octanol–water partition coefficient (Wildman–Crippen LogP) is 13.8. The number of nitrogens with one attached hydrogen (secondary N) is 1. The SMILES string of the molecule is CCC.Nc1ccccc1NCc1cccc(-c2ccc3cc4c(cc3c2)C2(c3ccccc3-c3ccccc32)c2c-4c3ccccc3c3ccccc23)c1. The molecule has 9 aromatic rings. The Bertz CT molecular complexity index is 2910. The fourth-order valence-corrected chi connectivity index (χ4v) is 9.45. The zero-order valence-corrected chi connectivity index (χ0v) is 31.2. The number of benzene rings is 9. The zero-order chi connectivity index (χ0) is 37.1. The molecule has 0 saturated carbocycles. The molecule has 0 fully saturated rings. The molecule has 3 N–H and O–H groups in total. The van der Waals surface area contributed by atoms with E-state index in [1.165, 1.54) is 99.9 Å². The third kappa shape index (κ3) is 4.95. The van der Waals surface area contributed by atoms with Crippen LogP contribution in [0.2, 0.25) is 0 Å². The second-order valence-corrected chi connectivity index (χ2v) is 15.0. The van der Waals surface area contributed by atoms with Gasteiger partial charge in [-0.25, -0.2) is 0 Å². The van der Waals surface area contributed by atoms with Gasteiger partial charge in [-0.15, -0.1) is 0 Å². The molecule has 0 aliphatic heterocycles. The number of anilines is 2. The predicted molar refractivity (Wildman–Crippen MR) is 235 cm³/mol. The Morgan fingerprint density at radius 3 is 1.80 bits per heavy atom. The van der Waals surface area contributed by atoms with Crippen LogP contribution in [0.15, 0.2) is 176 Å². The Balaban J connectivity index is 0.00000120. The summed E-state index contributed by atoms with van der Waals surface area (Å²) in [5.41, 5.74) is 22.0. The van der Waals surface area contributed by atoms with E-state index in [1.807, 2.05) is 24.3 Å². The molecule has 55 heavy (non-hydrogen) atoms. The molecule has 2 aliphatic rings. The van der Waals surface area contributed by atoms with Gasteiger partial charge < -0.3 is 11.1 Å². The van der Waals surface area contributed by atoms with Crippen molar-refractivity contribution in [3.8, 4) is 33.4 Å². The fraction of sp³-hybridized carbons (Fsp3) is 0.0943. The van der Waals surface area contributed by atoms with Crippen LogP contribution in [0.25, 0.3) is 65.7 Å². The highest BCUT2D eigenvalue weighted by molar-refractivity contribution is 6.20. The minimum Gasteiger partial charge on any atom is -0.397 e. The van der Waals surface area contributed by atoms with Gasteiger partial charge in [0, 0.05) is 6.54 Å². The molecular weight excluding hydrogens is 665 g/mol. The van der Waals surface area contributed by atoms with Crippen molar-refractivity contribution in [1.29, 1.82) is 0 Å². The van der Waals surface area contributed by atoms with E-state index in [9.17, 15) is 0 Å². The number of rotatable bonds is 4. The minimum absolute atomic E-state index is 0.448. The summed E-state index contributed by atoms with van der Waals surface area (Å²) in [6, 6.07) is 65.0. The molecular formula is C53H42N2. The van der Waals surface area contributed by atoms with Gasteiger partial charge in [-0.1, -0.05) is 160 Å². The van der Waals surface area contributed by atoms with E-state index in [4.69, 9.17) is 5.73 Å². The van der Waals surface area contributed by atoms with Crippen molar-refractivity contribution >= 4 is 43.7 Å². The normalized spacial score (nSPS) is 12.9. The number of para-hydroxylation sites is 2. The maximum absolute atomic E-state index is 6.21. The summed E-state index contributed by atoms with van der Waals surface area (Å²) in [5.74, 6) is 0. The molecule has 0 unspecified atom stereocenters. The van der Waals surface area contributed by atoms with E-state index in [-0.39, 0.29) is 0 Å². The lowest BCUT2D eigenvalue weighted by Gasteiger charge is -2.32. The van der Waals surface area contributed by atoms with Crippen LogP contribution >= 0.6 is 0 Å². The largest absolute Gasteiger partial charge is 0.397 e.